The molecule has 1 heterocycles. The minimum atomic E-state index is -0.489. The molecule has 1 saturated heterocycles. The van der Waals surface area contributed by atoms with Crippen molar-refractivity contribution in [1.29, 1.82) is 0 Å². The highest BCUT2D eigenvalue weighted by Crippen LogP contribution is 2.26. The molecular formula is C15H20N2O2. The molecule has 3 rings (SSSR count). The molecule has 4 heteroatoms. The molecule has 0 spiro atoms. The largest absolute Gasteiger partial charge is 0.379 e. The van der Waals surface area contributed by atoms with Crippen molar-refractivity contribution in [2.45, 2.75) is 25.8 Å². The Bertz CT molecular complexity index is 489. The van der Waals surface area contributed by atoms with Crippen LogP contribution in [-0.4, -0.2) is 25.7 Å². The Labute approximate surface area is 113 Å². The molecule has 102 valence electrons. The quantitative estimate of drug-likeness (QED) is 0.840. The zero-order valence-corrected chi connectivity index (χ0v) is 11.1. The number of nitrogens with two attached hydrogens (primary N) is 1. The summed E-state index contributed by atoms with van der Waals surface area (Å²) < 4.78 is 5.12. The first kappa shape index (κ1) is 12.6. The second-order valence-corrected chi connectivity index (χ2v) is 5.62. The molecule has 0 aromatic heterocycles. The molecule has 0 radical (unpaired) electrons. The van der Waals surface area contributed by atoms with Crippen LogP contribution in [0.1, 0.15) is 23.1 Å². The van der Waals surface area contributed by atoms with Gasteiger partial charge in [-0.05, 0) is 36.0 Å². The minimum Gasteiger partial charge on any atom is -0.379 e. The van der Waals surface area contributed by atoms with E-state index in [1.165, 1.54) is 29.5 Å². The van der Waals surface area contributed by atoms with Gasteiger partial charge in [-0.2, -0.15) is 0 Å². The van der Waals surface area contributed by atoms with Crippen molar-refractivity contribution in [3.05, 3.63) is 34.9 Å². The molecule has 3 N–H and O–H groups in total. The van der Waals surface area contributed by atoms with Crippen LogP contribution in [0, 0.1) is 5.41 Å². The van der Waals surface area contributed by atoms with E-state index in [1.54, 1.807) is 0 Å². The highest BCUT2D eigenvalue weighted by molar-refractivity contribution is 5.84. The first-order valence-corrected chi connectivity index (χ1v) is 6.90. The summed E-state index contributed by atoms with van der Waals surface area (Å²) >= 11 is 0. The van der Waals surface area contributed by atoms with Crippen molar-refractivity contribution in [2.75, 3.05) is 19.8 Å². The average molecular weight is 260 g/mol. The number of carbonyl (C=O) groups is 1. The smallest absolute Gasteiger partial charge is 0.232 e. The fourth-order valence-corrected chi connectivity index (χ4v) is 2.80. The third kappa shape index (κ3) is 2.26. The number of hydrogen-bond acceptors (Lipinski definition) is 3. The summed E-state index contributed by atoms with van der Waals surface area (Å²) in [5.74, 6) is 0.0155. The standard InChI is InChI=1S/C15H20N2O2/c16-8-15(9-19-10-15)14(18)17-7-11-4-5-12-2-1-3-13(12)6-11/h4-6H,1-3,7-10,16H2,(H,17,18). The highest BCUT2D eigenvalue weighted by Gasteiger charge is 2.44. The van der Waals surface area contributed by atoms with E-state index < -0.39 is 5.41 Å². The summed E-state index contributed by atoms with van der Waals surface area (Å²) in [7, 11) is 0. The number of amides is 1. The van der Waals surface area contributed by atoms with E-state index >= 15 is 0 Å². The number of hydrogen-bond donors (Lipinski definition) is 2. The second-order valence-electron chi connectivity index (χ2n) is 5.62. The van der Waals surface area contributed by atoms with E-state index in [2.05, 4.69) is 23.5 Å². The lowest BCUT2D eigenvalue weighted by molar-refractivity contribution is -0.159. The third-order valence-electron chi connectivity index (χ3n) is 4.25. The molecule has 1 aliphatic heterocycles. The second kappa shape index (κ2) is 4.94. The lowest BCUT2D eigenvalue weighted by atomic mass is 9.85. The maximum absolute atomic E-state index is 12.1. The van der Waals surface area contributed by atoms with Crippen molar-refractivity contribution in [3.8, 4) is 0 Å². The molecule has 1 aliphatic carbocycles. The van der Waals surface area contributed by atoms with E-state index in [0.29, 0.717) is 26.3 Å². The van der Waals surface area contributed by atoms with Gasteiger partial charge in [-0.15, -0.1) is 0 Å². The molecular weight excluding hydrogens is 240 g/mol. The number of benzene rings is 1. The summed E-state index contributed by atoms with van der Waals surface area (Å²) in [6.07, 6.45) is 3.60. The Morgan fingerprint density at radius 3 is 2.79 bits per heavy atom. The van der Waals surface area contributed by atoms with Gasteiger partial charge in [-0.1, -0.05) is 18.2 Å². The average Bonchev–Trinajstić information content (AvgIpc) is 2.83. The van der Waals surface area contributed by atoms with Crippen molar-refractivity contribution < 1.29 is 9.53 Å². The molecule has 0 unspecified atom stereocenters. The Balaban J connectivity index is 1.62. The maximum Gasteiger partial charge on any atom is 0.232 e. The number of aryl methyl sites for hydroxylation is 2. The van der Waals surface area contributed by atoms with E-state index in [9.17, 15) is 4.79 Å². The van der Waals surface area contributed by atoms with Crippen LogP contribution in [0.4, 0.5) is 0 Å². The molecule has 0 saturated carbocycles. The van der Waals surface area contributed by atoms with Gasteiger partial charge in [0.2, 0.25) is 5.91 Å². The monoisotopic (exact) mass is 260 g/mol. The van der Waals surface area contributed by atoms with Crippen molar-refractivity contribution in [2.24, 2.45) is 11.1 Å². The summed E-state index contributed by atoms with van der Waals surface area (Å²) in [6.45, 7) is 1.82. The topological polar surface area (TPSA) is 64.4 Å². The molecule has 1 aromatic carbocycles. The van der Waals surface area contributed by atoms with Crippen LogP contribution in [0.2, 0.25) is 0 Å². The fraction of sp³-hybridized carbons (Fsp3) is 0.533. The number of carbonyl (C=O) groups excluding carboxylic acids is 1. The zero-order chi connectivity index (χ0) is 13.3. The first-order chi connectivity index (χ1) is 9.23. The van der Waals surface area contributed by atoms with Crippen molar-refractivity contribution in [3.63, 3.8) is 0 Å². The third-order valence-corrected chi connectivity index (χ3v) is 4.25. The Hall–Kier alpha value is -1.39. The fourth-order valence-electron chi connectivity index (χ4n) is 2.80. The molecule has 1 aromatic rings. The van der Waals surface area contributed by atoms with Crippen molar-refractivity contribution in [1.82, 2.24) is 5.32 Å². The van der Waals surface area contributed by atoms with Gasteiger partial charge in [0, 0.05) is 13.1 Å². The minimum absolute atomic E-state index is 0.0155. The maximum atomic E-state index is 12.1. The van der Waals surface area contributed by atoms with Gasteiger partial charge < -0.3 is 15.8 Å². The van der Waals surface area contributed by atoms with Gasteiger partial charge in [-0.25, -0.2) is 0 Å². The summed E-state index contributed by atoms with van der Waals surface area (Å²) in [5, 5.41) is 2.98. The lowest BCUT2D eigenvalue weighted by Crippen LogP contribution is -2.58. The van der Waals surface area contributed by atoms with Gasteiger partial charge >= 0.3 is 0 Å². The van der Waals surface area contributed by atoms with E-state index in [-0.39, 0.29) is 5.91 Å². The van der Waals surface area contributed by atoms with Crippen LogP contribution in [0.5, 0.6) is 0 Å². The highest BCUT2D eigenvalue weighted by atomic mass is 16.5. The molecule has 2 aliphatic rings. The van der Waals surface area contributed by atoms with Crippen molar-refractivity contribution >= 4 is 5.91 Å². The number of ether oxygens (including phenoxy) is 1. The van der Waals surface area contributed by atoms with Gasteiger partial charge in [0.05, 0.1) is 13.2 Å². The normalized spacial score (nSPS) is 19.6. The van der Waals surface area contributed by atoms with Crippen LogP contribution in [0.3, 0.4) is 0 Å². The van der Waals surface area contributed by atoms with Crippen LogP contribution < -0.4 is 11.1 Å². The molecule has 19 heavy (non-hydrogen) atoms. The predicted octanol–water partition coefficient (Wildman–Crippen LogP) is 0.767. The molecule has 1 fully saturated rings. The lowest BCUT2D eigenvalue weighted by Gasteiger charge is -2.38. The first-order valence-electron chi connectivity index (χ1n) is 6.90. The summed E-state index contributed by atoms with van der Waals surface area (Å²) in [5.41, 5.74) is 9.25. The number of nitrogens with one attached hydrogen (secondary N) is 1. The molecule has 0 bridgehead atoms. The van der Waals surface area contributed by atoms with Gasteiger partial charge in [-0.3, -0.25) is 4.79 Å². The van der Waals surface area contributed by atoms with E-state index in [0.717, 1.165) is 6.42 Å². The summed E-state index contributed by atoms with van der Waals surface area (Å²) in [4.78, 5) is 12.1. The summed E-state index contributed by atoms with van der Waals surface area (Å²) in [6, 6.07) is 6.51. The van der Waals surface area contributed by atoms with Crippen LogP contribution in [0.25, 0.3) is 0 Å². The van der Waals surface area contributed by atoms with Gasteiger partial charge in [0.1, 0.15) is 5.41 Å². The predicted molar refractivity (Wildman–Crippen MR) is 72.6 cm³/mol. The zero-order valence-electron chi connectivity index (χ0n) is 11.1. The molecule has 1 amide bonds. The van der Waals surface area contributed by atoms with Gasteiger partial charge in [0.15, 0.2) is 0 Å². The Morgan fingerprint density at radius 1 is 1.32 bits per heavy atom. The van der Waals surface area contributed by atoms with Crippen LogP contribution in [0.15, 0.2) is 18.2 Å². The Kier molecular flexibility index (Phi) is 3.29. The SMILES string of the molecule is NCC1(C(=O)NCc2ccc3c(c2)CCC3)COC1. The van der Waals surface area contributed by atoms with Gasteiger partial charge in [0.25, 0.3) is 0 Å². The number of fused-ring (bicyclic) bond motifs is 1. The molecule has 4 nitrogen and oxygen atoms in total. The van der Waals surface area contributed by atoms with E-state index in [4.69, 9.17) is 10.5 Å². The van der Waals surface area contributed by atoms with Crippen LogP contribution >= 0.6 is 0 Å². The number of rotatable bonds is 4. The van der Waals surface area contributed by atoms with Crippen LogP contribution in [-0.2, 0) is 28.9 Å². The molecule has 0 atom stereocenters. The Morgan fingerprint density at radius 2 is 2.11 bits per heavy atom. The van der Waals surface area contributed by atoms with E-state index in [1.807, 2.05) is 0 Å².